The summed E-state index contributed by atoms with van der Waals surface area (Å²) in [6.45, 7) is 4.00. The lowest BCUT2D eigenvalue weighted by atomic mass is 10.2. The van der Waals surface area contributed by atoms with Gasteiger partial charge in [0, 0.05) is 44.9 Å². The van der Waals surface area contributed by atoms with E-state index in [0.29, 0.717) is 34.7 Å². The molecule has 1 aliphatic rings. The molecule has 1 fully saturated rings. The molecule has 30 heavy (non-hydrogen) atoms. The molecule has 0 spiro atoms. The fourth-order valence-corrected chi connectivity index (χ4v) is 3.58. The normalized spacial score (nSPS) is 15.6. The molecule has 1 aliphatic heterocycles. The molecule has 1 saturated heterocycles. The summed E-state index contributed by atoms with van der Waals surface area (Å²) < 4.78 is 21.7. The molecule has 3 rings (SSSR count). The highest BCUT2D eigenvalue weighted by Crippen LogP contribution is 2.40. The minimum absolute atomic E-state index is 0.161. The molecule has 0 radical (unpaired) electrons. The number of rotatable bonds is 9. The molecule has 1 aromatic carbocycles. The van der Waals surface area contributed by atoms with E-state index in [0.717, 1.165) is 32.0 Å². The van der Waals surface area contributed by atoms with Crippen LogP contribution in [0.1, 0.15) is 0 Å². The van der Waals surface area contributed by atoms with E-state index in [1.807, 2.05) is 12.1 Å². The molecule has 1 unspecified atom stereocenters. The van der Waals surface area contributed by atoms with Crippen molar-refractivity contribution in [3.63, 3.8) is 0 Å². The van der Waals surface area contributed by atoms with E-state index in [4.69, 9.17) is 30.5 Å². The number of β-amino-alcohol motifs (C(OH)–C–C–N with tert-alkyl or cyclic N) is 1. The van der Waals surface area contributed by atoms with E-state index >= 15 is 0 Å². The Morgan fingerprint density at radius 2 is 1.70 bits per heavy atom. The Balaban J connectivity index is 1.49. The molecule has 1 atom stereocenters. The number of anilines is 1. The Hall–Kier alpha value is -2.42. The highest BCUT2D eigenvalue weighted by molar-refractivity contribution is 6.29. The summed E-state index contributed by atoms with van der Waals surface area (Å²) in [5.41, 5.74) is 0. The van der Waals surface area contributed by atoms with Gasteiger partial charge in [0.2, 0.25) is 5.75 Å². The molecule has 2 aromatic rings. The molecule has 1 aromatic heterocycles. The summed E-state index contributed by atoms with van der Waals surface area (Å²) >= 11 is 5.98. The van der Waals surface area contributed by atoms with Crippen LogP contribution in [-0.2, 0) is 0 Å². The van der Waals surface area contributed by atoms with Crippen molar-refractivity contribution in [3.8, 4) is 23.0 Å². The lowest BCUT2D eigenvalue weighted by Gasteiger charge is -2.36. The summed E-state index contributed by atoms with van der Waals surface area (Å²) in [5.74, 6) is 2.94. The van der Waals surface area contributed by atoms with Crippen LogP contribution in [0.3, 0.4) is 0 Å². The smallest absolute Gasteiger partial charge is 0.203 e. The Kier molecular flexibility index (Phi) is 7.84. The van der Waals surface area contributed by atoms with Crippen LogP contribution < -0.4 is 23.8 Å². The number of hydrogen-bond donors (Lipinski definition) is 1. The topological polar surface area (TPSA) is 76.5 Å². The number of pyridine rings is 1. The number of hydrogen-bond acceptors (Lipinski definition) is 8. The van der Waals surface area contributed by atoms with Crippen molar-refractivity contribution in [2.24, 2.45) is 0 Å². The van der Waals surface area contributed by atoms with Gasteiger partial charge in [-0.1, -0.05) is 17.7 Å². The third kappa shape index (κ3) is 5.59. The number of aliphatic hydroxyl groups is 1. The molecular formula is C21H28ClN3O5. The maximum absolute atomic E-state index is 10.4. The molecule has 0 amide bonds. The van der Waals surface area contributed by atoms with Gasteiger partial charge in [0.1, 0.15) is 29.4 Å². The standard InChI is InChI=1S/C21H28ClN3O5/c1-27-17-11-16(12-18(28-2)21(17)29-3)30-14-15(26)13-24-7-9-25(10-8-24)20-6-4-5-19(22)23-20/h4-6,11-12,15,26H,7-10,13-14H2,1-3H3. The average Bonchev–Trinajstić information content (AvgIpc) is 2.77. The number of halogens is 1. The monoisotopic (exact) mass is 437 g/mol. The van der Waals surface area contributed by atoms with Crippen LogP contribution in [0, 0.1) is 0 Å². The summed E-state index contributed by atoms with van der Waals surface area (Å²) in [4.78, 5) is 8.77. The van der Waals surface area contributed by atoms with Gasteiger partial charge in [-0.2, -0.15) is 0 Å². The third-order valence-electron chi connectivity index (χ3n) is 4.95. The highest BCUT2D eigenvalue weighted by Gasteiger charge is 2.21. The van der Waals surface area contributed by atoms with Crippen molar-refractivity contribution in [2.75, 3.05) is 65.6 Å². The second-order valence-corrected chi connectivity index (χ2v) is 7.32. The predicted octanol–water partition coefficient (Wildman–Crippen LogP) is 2.32. The van der Waals surface area contributed by atoms with Crippen LogP contribution in [0.25, 0.3) is 0 Å². The van der Waals surface area contributed by atoms with E-state index in [9.17, 15) is 5.11 Å². The van der Waals surface area contributed by atoms with Crippen molar-refractivity contribution in [1.82, 2.24) is 9.88 Å². The Labute approximate surface area is 181 Å². The SMILES string of the molecule is COc1cc(OCC(O)CN2CCN(c3cccc(Cl)n3)CC2)cc(OC)c1OC. The van der Waals surface area contributed by atoms with Crippen LogP contribution >= 0.6 is 11.6 Å². The van der Waals surface area contributed by atoms with Crippen LogP contribution in [0.15, 0.2) is 30.3 Å². The summed E-state index contributed by atoms with van der Waals surface area (Å²) in [7, 11) is 4.65. The van der Waals surface area contributed by atoms with Gasteiger partial charge in [-0.25, -0.2) is 4.98 Å². The number of piperazine rings is 1. The minimum atomic E-state index is -0.625. The number of benzene rings is 1. The molecule has 164 valence electrons. The first kappa shape index (κ1) is 22.3. The third-order valence-corrected chi connectivity index (χ3v) is 5.16. The molecular weight excluding hydrogens is 410 g/mol. The number of nitrogens with zero attached hydrogens (tertiary/aromatic N) is 3. The van der Waals surface area contributed by atoms with Gasteiger partial charge in [-0.05, 0) is 12.1 Å². The summed E-state index contributed by atoms with van der Waals surface area (Å²) in [6, 6.07) is 9.06. The fourth-order valence-electron chi connectivity index (χ4n) is 3.42. The number of methoxy groups -OCH3 is 3. The van der Waals surface area contributed by atoms with Crippen molar-refractivity contribution in [1.29, 1.82) is 0 Å². The predicted molar refractivity (Wildman–Crippen MR) is 115 cm³/mol. The first-order chi connectivity index (χ1) is 14.5. The minimum Gasteiger partial charge on any atom is -0.493 e. The Bertz CT molecular complexity index is 805. The van der Waals surface area contributed by atoms with Crippen molar-refractivity contribution in [3.05, 3.63) is 35.5 Å². The molecule has 1 N–H and O–H groups in total. The molecule has 9 heteroatoms. The lowest BCUT2D eigenvalue weighted by molar-refractivity contribution is 0.0660. The van der Waals surface area contributed by atoms with E-state index in [1.165, 1.54) is 0 Å². The first-order valence-electron chi connectivity index (χ1n) is 9.74. The second-order valence-electron chi connectivity index (χ2n) is 6.93. The zero-order chi connectivity index (χ0) is 21.5. The maximum atomic E-state index is 10.4. The fraction of sp³-hybridized carbons (Fsp3) is 0.476. The van der Waals surface area contributed by atoms with Crippen LogP contribution in [0.4, 0.5) is 5.82 Å². The Morgan fingerprint density at radius 3 is 2.27 bits per heavy atom. The van der Waals surface area contributed by atoms with Gasteiger partial charge in [0.15, 0.2) is 11.5 Å². The van der Waals surface area contributed by atoms with E-state index in [-0.39, 0.29) is 6.61 Å². The van der Waals surface area contributed by atoms with Crippen molar-refractivity contribution >= 4 is 17.4 Å². The molecule has 2 heterocycles. The van der Waals surface area contributed by atoms with Gasteiger partial charge in [0.25, 0.3) is 0 Å². The van der Waals surface area contributed by atoms with Crippen molar-refractivity contribution in [2.45, 2.75) is 6.10 Å². The van der Waals surface area contributed by atoms with Crippen molar-refractivity contribution < 1.29 is 24.1 Å². The summed E-state index contributed by atoms with van der Waals surface area (Å²) in [6.07, 6.45) is -0.625. The van der Waals surface area contributed by atoms with Gasteiger partial charge in [-0.15, -0.1) is 0 Å². The van der Waals surface area contributed by atoms with Gasteiger partial charge in [-0.3, -0.25) is 4.90 Å². The quantitative estimate of drug-likeness (QED) is 0.599. The Morgan fingerprint density at radius 1 is 1.03 bits per heavy atom. The zero-order valence-corrected chi connectivity index (χ0v) is 18.3. The van der Waals surface area contributed by atoms with Crippen LogP contribution in [0.2, 0.25) is 5.15 Å². The number of aromatic nitrogens is 1. The van der Waals surface area contributed by atoms with Crippen LogP contribution in [-0.4, -0.2) is 81.8 Å². The van der Waals surface area contributed by atoms with Crippen LogP contribution in [0.5, 0.6) is 23.0 Å². The average molecular weight is 438 g/mol. The number of aliphatic hydroxyl groups excluding tert-OH is 1. The second kappa shape index (κ2) is 10.6. The van der Waals surface area contributed by atoms with Gasteiger partial charge < -0.3 is 29.0 Å². The van der Waals surface area contributed by atoms with E-state index < -0.39 is 6.10 Å². The molecule has 0 bridgehead atoms. The van der Waals surface area contributed by atoms with Gasteiger partial charge >= 0.3 is 0 Å². The summed E-state index contributed by atoms with van der Waals surface area (Å²) in [5, 5.41) is 10.9. The lowest BCUT2D eigenvalue weighted by Crippen LogP contribution is -2.49. The molecule has 8 nitrogen and oxygen atoms in total. The largest absolute Gasteiger partial charge is 0.493 e. The highest BCUT2D eigenvalue weighted by atomic mass is 35.5. The maximum Gasteiger partial charge on any atom is 0.203 e. The molecule has 0 aliphatic carbocycles. The van der Waals surface area contributed by atoms with Gasteiger partial charge in [0.05, 0.1) is 21.3 Å². The zero-order valence-electron chi connectivity index (χ0n) is 17.5. The van der Waals surface area contributed by atoms with E-state index in [2.05, 4.69) is 14.8 Å². The first-order valence-corrected chi connectivity index (χ1v) is 10.1. The molecule has 0 saturated carbocycles. The van der Waals surface area contributed by atoms with E-state index in [1.54, 1.807) is 39.5 Å². The number of ether oxygens (including phenoxy) is 4.